The van der Waals surface area contributed by atoms with Crippen molar-refractivity contribution < 1.29 is 0 Å². The molecule has 2 nitrogen and oxygen atoms in total. The highest BCUT2D eigenvalue weighted by Gasteiger charge is 2.18. The summed E-state index contributed by atoms with van der Waals surface area (Å²) < 4.78 is 0. The summed E-state index contributed by atoms with van der Waals surface area (Å²) >= 11 is 0. The predicted octanol–water partition coefficient (Wildman–Crippen LogP) is 2.84. The van der Waals surface area contributed by atoms with E-state index in [-0.39, 0.29) is 0 Å². The first-order chi connectivity index (χ1) is 6.82. The molecule has 0 aliphatic heterocycles. The lowest BCUT2D eigenvalue weighted by Gasteiger charge is -2.34. The topological polar surface area (TPSA) is 6.48 Å². The highest BCUT2D eigenvalue weighted by molar-refractivity contribution is 4.75. The minimum atomic E-state index is 0.295. The molecule has 0 aromatic heterocycles. The van der Waals surface area contributed by atoms with E-state index in [1.807, 2.05) is 0 Å². The van der Waals surface area contributed by atoms with Crippen molar-refractivity contribution in [2.24, 2.45) is 0 Å². The van der Waals surface area contributed by atoms with Crippen LogP contribution in [0.4, 0.5) is 0 Å². The van der Waals surface area contributed by atoms with Crippen LogP contribution in [0, 0.1) is 0 Å². The normalized spacial score (nSPS) is 15.0. The Bertz CT molecular complexity index is 156. The zero-order valence-corrected chi connectivity index (χ0v) is 11.8. The number of nitrogens with zero attached hydrogens (tertiary/aromatic N) is 2. The zero-order valence-electron chi connectivity index (χ0n) is 11.8. The third kappa shape index (κ3) is 5.53. The van der Waals surface area contributed by atoms with Gasteiger partial charge in [-0.1, -0.05) is 13.8 Å². The van der Waals surface area contributed by atoms with E-state index < -0.39 is 0 Å². The summed E-state index contributed by atoms with van der Waals surface area (Å²) in [5.41, 5.74) is 0.295. The summed E-state index contributed by atoms with van der Waals surface area (Å²) in [5.74, 6) is 0. The second-order valence-electron chi connectivity index (χ2n) is 5.45. The van der Waals surface area contributed by atoms with E-state index >= 15 is 0 Å². The Balaban J connectivity index is 3.94. The maximum atomic E-state index is 2.52. The monoisotopic (exact) mass is 214 g/mol. The second kappa shape index (κ2) is 6.49. The molecule has 0 aromatic carbocycles. The van der Waals surface area contributed by atoms with Gasteiger partial charge in [-0.05, 0) is 60.8 Å². The van der Waals surface area contributed by atoms with Gasteiger partial charge in [-0.25, -0.2) is 0 Å². The van der Waals surface area contributed by atoms with Gasteiger partial charge in [-0.3, -0.25) is 0 Å². The van der Waals surface area contributed by atoms with Crippen molar-refractivity contribution in [1.82, 2.24) is 9.80 Å². The molecule has 0 bridgehead atoms. The Morgan fingerprint density at radius 1 is 1.07 bits per heavy atom. The fraction of sp³-hybridized carbons (Fsp3) is 1.00. The Morgan fingerprint density at radius 3 is 1.87 bits per heavy atom. The second-order valence-corrected chi connectivity index (χ2v) is 5.45. The first-order valence-corrected chi connectivity index (χ1v) is 6.28. The van der Waals surface area contributed by atoms with Crippen LogP contribution in [0.25, 0.3) is 0 Å². The fourth-order valence-electron chi connectivity index (χ4n) is 1.75. The number of hydrogen-bond acceptors (Lipinski definition) is 2. The third-order valence-corrected chi connectivity index (χ3v) is 3.46. The number of rotatable bonds is 6. The molecule has 0 fully saturated rings. The van der Waals surface area contributed by atoms with Crippen LogP contribution in [0.5, 0.6) is 0 Å². The third-order valence-electron chi connectivity index (χ3n) is 3.46. The van der Waals surface area contributed by atoms with Crippen LogP contribution in [0.15, 0.2) is 0 Å². The first kappa shape index (κ1) is 14.9. The van der Waals surface area contributed by atoms with Gasteiger partial charge in [0.25, 0.3) is 0 Å². The van der Waals surface area contributed by atoms with Crippen LogP contribution in [-0.4, -0.2) is 48.1 Å². The smallest absolute Gasteiger partial charge is 0.0122 e. The highest BCUT2D eigenvalue weighted by Crippen LogP contribution is 2.12. The molecule has 0 radical (unpaired) electrons. The van der Waals surface area contributed by atoms with Crippen LogP contribution < -0.4 is 0 Å². The molecule has 0 aromatic rings. The molecule has 92 valence electrons. The molecule has 0 aliphatic carbocycles. The summed E-state index contributed by atoms with van der Waals surface area (Å²) in [6.45, 7) is 17.2. The van der Waals surface area contributed by atoms with Crippen molar-refractivity contribution in [3.8, 4) is 0 Å². The Kier molecular flexibility index (Phi) is 6.46. The maximum absolute atomic E-state index is 2.52. The highest BCUT2D eigenvalue weighted by atomic mass is 15.2. The Hall–Kier alpha value is -0.0800. The zero-order chi connectivity index (χ0) is 12.1. The van der Waals surface area contributed by atoms with Gasteiger partial charge in [0.1, 0.15) is 0 Å². The molecule has 0 saturated heterocycles. The minimum absolute atomic E-state index is 0.295. The average Bonchev–Trinajstić information content (AvgIpc) is 2.14. The lowest BCUT2D eigenvalue weighted by Crippen LogP contribution is -2.41. The van der Waals surface area contributed by atoms with E-state index in [4.69, 9.17) is 0 Å². The van der Waals surface area contributed by atoms with Gasteiger partial charge in [0.05, 0.1) is 0 Å². The lowest BCUT2D eigenvalue weighted by molar-refractivity contribution is 0.143. The van der Waals surface area contributed by atoms with Gasteiger partial charge < -0.3 is 9.80 Å². The molecule has 0 N–H and O–H groups in total. The Morgan fingerprint density at radius 2 is 1.53 bits per heavy atom. The van der Waals surface area contributed by atoms with Gasteiger partial charge in [0.15, 0.2) is 0 Å². The summed E-state index contributed by atoms with van der Waals surface area (Å²) in [6, 6.07) is 0.699. The van der Waals surface area contributed by atoms with E-state index in [0.717, 1.165) is 13.1 Å². The first-order valence-electron chi connectivity index (χ1n) is 6.28. The molecule has 0 saturated carbocycles. The summed E-state index contributed by atoms with van der Waals surface area (Å²) in [6.07, 6.45) is 1.26. The van der Waals surface area contributed by atoms with Crippen LogP contribution in [0.2, 0.25) is 0 Å². The standard InChI is InChI=1S/C13H30N2/c1-8-15(9-2)12(3)10-11-14(7)13(4,5)6/h12H,8-11H2,1-7H3. The molecular weight excluding hydrogens is 184 g/mol. The quantitative estimate of drug-likeness (QED) is 0.671. The predicted molar refractivity (Wildman–Crippen MR) is 69.4 cm³/mol. The van der Waals surface area contributed by atoms with Gasteiger partial charge in [0.2, 0.25) is 0 Å². The van der Waals surface area contributed by atoms with Crippen molar-refractivity contribution >= 4 is 0 Å². The molecule has 1 unspecified atom stereocenters. The number of hydrogen-bond donors (Lipinski definition) is 0. The lowest BCUT2D eigenvalue weighted by atomic mass is 10.1. The molecule has 0 rings (SSSR count). The summed E-state index contributed by atoms with van der Waals surface area (Å²) in [7, 11) is 2.22. The minimum Gasteiger partial charge on any atom is -0.301 e. The summed E-state index contributed by atoms with van der Waals surface area (Å²) in [5, 5.41) is 0. The van der Waals surface area contributed by atoms with E-state index in [2.05, 4.69) is 58.4 Å². The van der Waals surface area contributed by atoms with Crippen molar-refractivity contribution in [3.63, 3.8) is 0 Å². The molecule has 0 aliphatic rings. The van der Waals surface area contributed by atoms with E-state index in [1.165, 1.54) is 13.0 Å². The van der Waals surface area contributed by atoms with E-state index in [0.29, 0.717) is 11.6 Å². The van der Waals surface area contributed by atoms with Gasteiger partial charge in [-0.15, -0.1) is 0 Å². The molecule has 15 heavy (non-hydrogen) atoms. The van der Waals surface area contributed by atoms with E-state index in [1.54, 1.807) is 0 Å². The van der Waals surface area contributed by atoms with Gasteiger partial charge in [0, 0.05) is 11.6 Å². The summed E-state index contributed by atoms with van der Waals surface area (Å²) in [4.78, 5) is 4.96. The fourth-order valence-corrected chi connectivity index (χ4v) is 1.75. The van der Waals surface area contributed by atoms with Crippen molar-refractivity contribution in [3.05, 3.63) is 0 Å². The van der Waals surface area contributed by atoms with Crippen molar-refractivity contribution in [2.45, 2.75) is 59.5 Å². The van der Waals surface area contributed by atoms with Gasteiger partial charge >= 0.3 is 0 Å². The van der Waals surface area contributed by atoms with Crippen molar-refractivity contribution in [1.29, 1.82) is 0 Å². The molecule has 0 spiro atoms. The van der Waals surface area contributed by atoms with Crippen LogP contribution in [-0.2, 0) is 0 Å². The average molecular weight is 214 g/mol. The SMILES string of the molecule is CCN(CC)C(C)CCN(C)C(C)(C)C. The molecule has 1 atom stereocenters. The molecular formula is C13H30N2. The largest absolute Gasteiger partial charge is 0.301 e. The molecule has 2 heteroatoms. The van der Waals surface area contributed by atoms with Crippen LogP contribution >= 0.6 is 0 Å². The van der Waals surface area contributed by atoms with Crippen LogP contribution in [0.1, 0.15) is 48.0 Å². The molecule has 0 amide bonds. The Labute approximate surface area is 96.6 Å². The van der Waals surface area contributed by atoms with E-state index in [9.17, 15) is 0 Å². The van der Waals surface area contributed by atoms with Crippen molar-refractivity contribution in [2.75, 3.05) is 26.7 Å². The van der Waals surface area contributed by atoms with Crippen LogP contribution in [0.3, 0.4) is 0 Å². The maximum Gasteiger partial charge on any atom is 0.0122 e. The molecule has 0 heterocycles. The van der Waals surface area contributed by atoms with Gasteiger partial charge in [-0.2, -0.15) is 0 Å².